The normalized spacial score (nSPS) is 14.4. The largest absolute Gasteiger partial charge is 0.493 e. The molecule has 0 atom stereocenters. The topological polar surface area (TPSA) is 64.8 Å². The molecule has 0 saturated heterocycles. The first-order chi connectivity index (χ1) is 10.2. The lowest BCUT2D eigenvalue weighted by Crippen LogP contribution is -2.47. The van der Waals surface area contributed by atoms with Gasteiger partial charge in [0, 0.05) is 19.1 Å². The monoisotopic (exact) mass is 292 g/mol. The molecular formula is C16H24N2O3. The standard InChI is InChI=1S/C16H24N2O3/c1-20-14-7-6-12(10-15(14)21-2)11-16(19)18(9-8-17)13-4-3-5-13/h6-7,10,13H,3-5,8-9,11,17H2,1-2H3. The van der Waals surface area contributed by atoms with E-state index in [0.29, 0.717) is 37.1 Å². The van der Waals surface area contributed by atoms with Crippen molar-refractivity contribution in [1.29, 1.82) is 0 Å². The van der Waals surface area contributed by atoms with Crippen LogP contribution in [0.3, 0.4) is 0 Å². The van der Waals surface area contributed by atoms with E-state index in [2.05, 4.69) is 0 Å². The SMILES string of the molecule is COc1ccc(CC(=O)N(CCN)C2CCC2)cc1OC. The van der Waals surface area contributed by atoms with Gasteiger partial charge in [-0.15, -0.1) is 0 Å². The number of carbonyl (C=O) groups excluding carboxylic acids is 1. The summed E-state index contributed by atoms with van der Waals surface area (Å²) in [4.78, 5) is 14.4. The molecule has 1 fully saturated rings. The summed E-state index contributed by atoms with van der Waals surface area (Å²) in [5.41, 5.74) is 6.56. The van der Waals surface area contributed by atoms with E-state index >= 15 is 0 Å². The van der Waals surface area contributed by atoms with Gasteiger partial charge in [0.05, 0.1) is 20.6 Å². The Morgan fingerprint density at radius 2 is 2.00 bits per heavy atom. The number of methoxy groups -OCH3 is 2. The van der Waals surface area contributed by atoms with E-state index < -0.39 is 0 Å². The zero-order valence-corrected chi connectivity index (χ0v) is 12.8. The highest BCUT2D eigenvalue weighted by molar-refractivity contribution is 5.79. The van der Waals surface area contributed by atoms with Crippen LogP contribution >= 0.6 is 0 Å². The lowest BCUT2D eigenvalue weighted by atomic mass is 9.91. The van der Waals surface area contributed by atoms with E-state index in [-0.39, 0.29) is 5.91 Å². The molecule has 1 amide bonds. The van der Waals surface area contributed by atoms with E-state index in [1.165, 1.54) is 6.42 Å². The van der Waals surface area contributed by atoms with Crippen molar-refractivity contribution in [3.63, 3.8) is 0 Å². The van der Waals surface area contributed by atoms with E-state index in [0.717, 1.165) is 18.4 Å². The number of carbonyl (C=O) groups is 1. The second kappa shape index (κ2) is 7.31. The molecule has 1 aliphatic rings. The van der Waals surface area contributed by atoms with Crippen LogP contribution in [0.25, 0.3) is 0 Å². The molecule has 1 saturated carbocycles. The highest BCUT2D eigenvalue weighted by atomic mass is 16.5. The Bertz CT molecular complexity index is 486. The van der Waals surface area contributed by atoms with Crippen LogP contribution < -0.4 is 15.2 Å². The first kappa shape index (κ1) is 15.6. The van der Waals surface area contributed by atoms with Gasteiger partial charge < -0.3 is 20.1 Å². The Morgan fingerprint density at radius 3 is 2.52 bits per heavy atom. The fraction of sp³-hybridized carbons (Fsp3) is 0.562. The maximum absolute atomic E-state index is 12.5. The molecular weight excluding hydrogens is 268 g/mol. The van der Waals surface area contributed by atoms with Crippen molar-refractivity contribution in [2.75, 3.05) is 27.3 Å². The van der Waals surface area contributed by atoms with E-state index in [1.807, 2.05) is 23.1 Å². The molecule has 21 heavy (non-hydrogen) atoms. The van der Waals surface area contributed by atoms with Crippen LogP contribution in [0.5, 0.6) is 11.5 Å². The third kappa shape index (κ3) is 3.67. The molecule has 0 aliphatic heterocycles. The lowest BCUT2D eigenvalue weighted by molar-refractivity contribution is -0.134. The number of amides is 1. The fourth-order valence-corrected chi connectivity index (χ4v) is 2.62. The van der Waals surface area contributed by atoms with Gasteiger partial charge in [-0.05, 0) is 37.0 Å². The number of benzene rings is 1. The van der Waals surface area contributed by atoms with Gasteiger partial charge in [0.15, 0.2) is 11.5 Å². The van der Waals surface area contributed by atoms with Gasteiger partial charge in [0.1, 0.15) is 0 Å². The number of hydrogen-bond donors (Lipinski definition) is 1. The van der Waals surface area contributed by atoms with Crippen LogP contribution in [-0.2, 0) is 11.2 Å². The van der Waals surface area contributed by atoms with Crippen molar-refractivity contribution < 1.29 is 14.3 Å². The highest BCUT2D eigenvalue weighted by Crippen LogP contribution is 2.29. The Morgan fingerprint density at radius 1 is 1.29 bits per heavy atom. The molecule has 0 heterocycles. The summed E-state index contributed by atoms with van der Waals surface area (Å²) < 4.78 is 10.5. The minimum absolute atomic E-state index is 0.136. The van der Waals surface area contributed by atoms with Crippen LogP contribution in [0, 0.1) is 0 Å². The summed E-state index contributed by atoms with van der Waals surface area (Å²) in [7, 11) is 3.20. The smallest absolute Gasteiger partial charge is 0.227 e. The van der Waals surface area contributed by atoms with Crippen molar-refractivity contribution in [3.8, 4) is 11.5 Å². The molecule has 1 aromatic carbocycles. The average molecular weight is 292 g/mol. The summed E-state index contributed by atoms with van der Waals surface area (Å²) in [5, 5.41) is 0. The summed E-state index contributed by atoms with van der Waals surface area (Å²) in [6.45, 7) is 1.14. The number of ether oxygens (including phenoxy) is 2. The first-order valence-corrected chi connectivity index (χ1v) is 7.40. The zero-order valence-electron chi connectivity index (χ0n) is 12.8. The average Bonchev–Trinajstić information content (AvgIpc) is 2.44. The quantitative estimate of drug-likeness (QED) is 0.829. The Kier molecular flexibility index (Phi) is 5.44. The van der Waals surface area contributed by atoms with Crippen LogP contribution in [0.1, 0.15) is 24.8 Å². The minimum Gasteiger partial charge on any atom is -0.493 e. The Balaban J connectivity index is 2.06. The van der Waals surface area contributed by atoms with E-state index in [9.17, 15) is 4.79 Å². The van der Waals surface area contributed by atoms with Crippen LogP contribution in [0.4, 0.5) is 0 Å². The van der Waals surface area contributed by atoms with Gasteiger partial charge in [-0.2, -0.15) is 0 Å². The zero-order chi connectivity index (χ0) is 15.2. The second-order valence-corrected chi connectivity index (χ2v) is 5.33. The molecule has 0 aromatic heterocycles. The molecule has 0 spiro atoms. The van der Waals surface area contributed by atoms with E-state index in [4.69, 9.17) is 15.2 Å². The summed E-state index contributed by atoms with van der Waals surface area (Å²) >= 11 is 0. The van der Waals surface area contributed by atoms with Gasteiger partial charge in [0.2, 0.25) is 5.91 Å². The van der Waals surface area contributed by atoms with Gasteiger partial charge in [-0.3, -0.25) is 4.79 Å². The van der Waals surface area contributed by atoms with Crippen molar-refractivity contribution in [2.45, 2.75) is 31.7 Å². The molecule has 0 unspecified atom stereocenters. The van der Waals surface area contributed by atoms with Gasteiger partial charge >= 0.3 is 0 Å². The number of nitrogens with zero attached hydrogens (tertiary/aromatic N) is 1. The van der Waals surface area contributed by atoms with Crippen LogP contribution in [-0.4, -0.2) is 44.2 Å². The first-order valence-electron chi connectivity index (χ1n) is 7.40. The summed E-state index contributed by atoms with van der Waals surface area (Å²) in [6, 6.07) is 5.97. The Hall–Kier alpha value is -1.75. The van der Waals surface area contributed by atoms with Gasteiger partial charge in [-0.1, -0.05) is 6.07 Å². The number of nitrogens with two attached hydrogens (primary N) is 1. The van der Waals surface area contributed by atoms with Crippen molar-refractivity contribution in [1.82, 2.24) is 4.90 Å². The van der Waals surface area contributed by atoms with Gasteiger partial charge in [-0.25, -0.2) is 0 Å². The molecule has 0 bridgehead atoms. The molecule has 2 rings (SSSR count). The third-order valence-corrected chi connectivity index (χ3v) is 4.01. The fourth-order valence-electron chi connectivity index (χ4n) is 2.62. The molecule has 116 valence electrons. The molecule has 0 radical (unpaired) electrons. The predicted octanol–water partition coefficient (Wildman–Crippen LogP) is 1.59. The molecule has 1 aliphatic carbocycles. The number of rotatable bonds is 7. The summed E-state index contributed by atoms with van der Waals surface area (Å²) in [6.07, 6.45) is 3.77. The van der Waals surface area contributed by atoms with Crippen molar-refractivity contribution >= 4 is 5.91 Å². The van der Waals surface area contributed by atoms with Crippen LogP contribution in [0.2, 0.25) is 0 Å². The maximum atomic E-state index is 12.5. The second-order valence-electron chi connectivity index (χ2n) is 5.33. The maximum Gasteiger partial charge on any atom is 0.227 e. The van der Waals surface area contributed by atoms with Crippen molar-refractivity contribution in [2.24, 2.45) is 5.73 Å². The van der Waals surface area contributed by atoms with Crippen LogP contribution in [0.15, 0.2) is 18.2 Å². The molecule has 5 nitrogen and oxygen atoms in total. The van der Waals surface area contributed by atoms with E-state index in [1.54, 1.807) is 14.2 Å². The lowest BCUT2D eigenvalue weighted by Gasteiger charge is -2.37. The number of hydrogen-bond acceptors (Lipinski definition) is 4. The highest BCUT2D eigenvalue weighted by Gasteiger charge is 2.28. The Labute approximate surface area is 126 Å². The third-order valence-electron chi connectivity index (χ3n) is 4.01. The molecule has 5 heteroatoms. The van der Waals surface area contributed by atoms with Gasteiger partial charge in [0.25, 0.3) is 0 Å². The molecule has 2 N–H and O–H groups in total. The predicted molar refractivity (Wildman–Crippen MR) is 81.7 cm³/mol. The molecule has 1 aromatic rings. The minimum atomic E-state index is 0.136. The van der Waals surface area contributed by atoms with Crippen molar-refractivity contribution in [3.05, 3.63) is 23.8 Å². The summed E-state index contributed by atoms with van der Waals surface area (Å²) in [5.74, 6) is 1.46.